The lowest BCUT2D eigenvalue weighted by molar-refractivity contribution is 0.133. The average Bonchev–Trinajstić information content (AvgIpc) is 3.25. The van der Waals surface area contributed by atoms with Gasteiger partial charge in [0.25, 0.3) is 0 Å². The van der Waals surface area contributed by atoms with Gasteiger partial charge in [0.15, 0.2) is 11.5 Å². The van der Waals surface area contributed by atoms with E-state index in [0.717, 1.165) is 23.0 Å². The summed E-state index contributed by atoms with van der Waals surface area (Å²) in [5.74, 6) is 3.14. The van der Waals surface area contributed by atoms with Gasteiger partial charge in [-0.3, -0.25) is 0 Å². The van der Waals surface area contributed by atoms with Crippen LogP contribution in [0.15, 0.2) is 18.2 Å². The molecule has 2 aliphatic carbocycles. The van der Waals surface area contributed by atoms with Gasteiger partial charge in [-0.2, -0.15) is 0 Å². The highest BCUT2D eigenvalue weighted by atomic mass is 16.5. The van der Waals surface area contributed by atoms with E-state index in [2.05, 4.69) is 5.32 Å². The van der Waals surface area contributed by atoms with Crippen molar-refractivity contribution in [2.24, 2.45) is 11.8 Å². The van der Waals surface area contributed by atoms with Crippen LogP contribution in [0.2, 0.25) is 0 Å². The molecule has 124 valence electrons. The Labute approximate surface area is 136 Å². The number of likely N-dealkylation sites (N-methyl/N-ethyl adjacent to an activating group) is 1. The Kier molecular flexibility index (Phi) is 3.58. The van der Waals surface area contributed by atoms with E-state index < -0.39 is 0 Å². The minimum atomic E-state index is -0.0265. The number of urea groups is 1. The molecule has 0 radical (unpaired) electrons. The monoisotopic (exact) mass is 316 g/mol. The summed E-state index contributed by atoms with van der Waals surface area (Å²) in [6.07, 6.45) is 5.46. The Morgan fingerprint density at radius 3 is 2.70 bits per heavy atom. The highest BCUT2D eigenvalue weighted by molar-refractivity contribution is 5.77. The van der Waals surface area contributed by atoms with Crippen LogP contribution in [0.25, 0.3) is 0 Å². The van der Waals surface area contributed by atoms with Crippen LogP contribution in [0.1, 0.15) is 37.3 Å². The lowest BCUT2D eigenvalue weighted by atomic mass is 9.97. The number of nitrogens with zero attached hydrogens (tertiary/aromatic N) is 1. The predicted molar refractivity (Wildman–Crippen MR) is 86.8 cm³/mol. The fraction of sp³-hybridized carbons (Fsp3) is 0.611. The van der Waals surface area contributed by atoms with Crippen LogP contribution >= 0.6 is 0 Å². The van der Waals surface area contributed by atoms with Crippen LogP contribution in [0.3, 0.4) is 0 Å². The number of benzene rings is 1. The number of amides is 2. The summed E-state index contributed by atoms with van der Waals surface area (Å²) in [6.45, 7) is 0.634. The van der Waals surface area contributed by atoms with Crippen molar-refractivity contribution in [3.05, 3.63) is 23.8 Å². The second kappa shape index (κ2) is 5.62. The van der Waals surface area contributed by atoms with E-state index in [1.807, 2.05) is 25.2 Å². The second-order valence-electron chi connectivity index (χ2n) is 7.05. The van der Waals surface area contributed by atoms with Crippen molar-refractivity contribution in [3.63, 3.8) is 0 Å². The molecule has 1 aliphatic heterocycles. The third-order valence-electron chi connectivity index (χ3n) is 5.76. The van der Waals surface area contributed by atoms with Crippen molar-refractivity contribution in [1.29, 1.82) is 0 Å². The van der Waals surface area contributed by atoms with E-state index in [1.165, 1.54) is 25.7 Å². The quantitative estimate of drug-likeness (QED) is 0.929. The van der Waals surface area contributed by atoms with Gasteiger partial charge in [-0.15, -0.1) is 0 Å². The van der Waals surface area contributed by atoms with Crippen molar-refractivity contribution >= 4 is 6.03 Å². The second-order valence-corrected chi connectivity index (χ2v) is 7.05. The molecule has 3 fully saturated rings. The zero-order chi connectivity index (χ0) is 16.0. The third kappa shape index (κ3) is 2.52. The first-order valence-electron chi connectivity index (χ1n) is 8.51. The predicted octanol–water partition coefficient (Wildman–Crippen LogP) is 2.96. The summed E-state index contributed by atoms with van der Waals surface area (Å²) in [5, 5.41) is 2.88. The molecule has 1 aromatic rings. The summed E-state index contributed by atoms with van der Waals surface area (Å²) in [7, 11) is 3.50. The van der Waals surface area contributed by atoms with E-state index in [0.29, 0.717) is 18.6 Å². The molecule has 23 heavy (non-hydrogen) atoms. The van der Waals surface area contributed by atoms with Crippen molar-refractivity contribution < 1.29 is 14.3 Å². The van der Waals surface area contributed by atoms with Crippen molar-refractivity contribution in [2.45, 2.75) is 37.8 Å². The largest absolute Gasteiger partial charge is 0.493 e. The van der Waals surface area contributed by atoms with Crippen molar-refractivity contribution in [3.8, 4) is 11.5 Å². The number of carbonyl (C=O) groups excluding carboxylic acids is 1. The lowest BCUT2D eigenvalue weighted by Gasteiger charge is -2.25. The Morgan fingerprint density at radius 2 is 2.09 bits per heavy atom. The molecule has 0 spiro atoms. The van der Waals surface area contributed by atoms with E-state index in [4.69, 9.17) is 9.47 Å². The lowest BCUT2D eigenvalue weighted by Crippen LogP contribution is -2.25. The zero-order valence-corrected chi connectivity index (χ0v) is 13.7. The minimum absolute atomic E-state index is 0.0265. The first-order valence-corrected chi connectivity index (χ1v) is 8.51. The Balaban J connectivity index is 1.57. The zero-order valence-electron chi connectivity index (χ0n) is 13.7. The number of fused-ring (bicyclic) bond motifs is 2. The molecule has 2 amide bonds. The molecule has 0 aromatic heterocycles. The normalized spacial score (nSPS) is 32.3. The summed E-state index contributed by atoms with van der Waals surface area (Å²) < 4.78 is 11.8. The smallest absolute Gasteiger partial charge is 0.317 e. The van der Waals surface area contributed by atoms with Gasteiger partial charge in [0.1, 0.15) is 6.10 Å². The Morgan fingerprint density at radius 1 is 1.22 bits per heavy atom. The summed E-state index contributed by atoms with van der Waals surface area (Å²) in [5.41, 5.74) is 1.09. The van der Waals surface area contributed by atoms with Gasteiger partial charge in [-0.05, 0) is 55.2 Å². The standard InChI is InChI=1S/C18H24N2O3/c1-20-14(10-19-18(20)21)12-5-6-15(22-2)17(9-12)23-16-8-11-3-4-13(16)7-11/h5-6,9,11,13-14,16H,3-4,7-8,10H2,1-2H3,(H,19,21)/t11-,13+,14?,16-/m0/s1. The molecule has 5 heteroatoms. The molecule has 3 aliphatic rings. The minimum Gasteiger partial charge on any atom is -0.493 e. The number of nitrogens with one attached hydrogen (secondary N) is 1. The maximum Gasteiger partial charge on any atom is 0.317 e. The first kappa shape index (κ1) is 14.7. The molecule has 4 rings (SSSR count). The maximum atomic E-state index is 11.7. The molecular formula is C18H24N2O3. The van der Waals surface area contributed by atoms with Crippen LogP contribution in [0.5, 0.6) is 11.5 Å². The first-order chi connectivity index (χ1) is 11.2. The van der Waals surface area contributed by atoms with Crippen molar-refractivity contribution in [2.75, 3.05) is 20.7 Å². The van der Waals surface area contributed by atoms with Crippen molar-refractivity contribution in [1.82, 2.24) is 10.2 Å². The van der Waals surface area contributed by atoms with Crippen LogP contribution in [0, 0.1) is 11.8 Å². The van der Waals surface area contributed by atoms with E-state index in [1.54, 1.807) is 12.0 Å². The summed E-state index contributed by atoms with van der Waals surface area (Å²) >= 11 is 0. The van der Waals surface area contributed by atoms with Gasteiger partial charge < -0.3 is 19.7 Å². The van der Waals surface area contributed by atoms with Gasteiger partial charge in [0.05, 0.1) is 13.2 Å². The number of ether oxygens (including phenoxy) is 2. The number of hydrogen-bond acceptors (Lipinski definition) is 3. The van der Waals surface area contributed by atoms with Crippen LogP contribution in [0.4, 0.5) is 4.79 Å². The molecule has 2 bridgehead atoms. The van der Waals surface area contributed by atoms with Gasteiger partial charge in [0.2, 0.25) is 0 Å². The Bertz CT molecular complexity index is 618. The summed E-state index contributed by atoms with van der Waals surface area (Å²) in [6, 6.07) is 6.05. The molecule has 1 heterocycles. The summed E-state index contributed by atoms with van der Waals surface area (Å²) in [4.78, 5) is 13.4. The molecule has 1 saturated heterocycles. The number of rotatable bonds is 4. The van der Waals surface area contributed by atoms with Gasteiger partial charge in [-0.1, -0.05) is 6.07 Å². The molecule has 4 atom stereocenters. The molecule has 1 N–H and O–H groups in total. The van der Waals surface area contributed by atoms with Crippen LogP contribution < -0.4 is 14.8 Å². The van der Waals surface area contributed by atoms with E-state index in [-0.39, 0.29) is 12.1 Å². The number of methoxy groups -OCH3 is 1. The molecule has 2 saturated carbocycles. The Hall–Kier alpha value is -1.91. The van der Waals surface area contributed by atoms with Gasteiger partial charge >= 0.3 is 6.03 Å². The number of hydrogen-bond donors (Lipinski definition) is 1. The van der Waals surface area contributed by atoms with Gasteiger partial charge in [-0.25, -0.2) is 4.79 Å². The average molecular weight is 316 g/mol. The fourth-order valence-corrected chi connectivity index (χ4v) is 4.42. The molecular weight excluding hydrogens is 292 g/mol. The highest BCUT2D eigenvalue weighted by Gasteiger charge is 2.41. The van der Waals surface area contributed by atoms with E-state index >= 15 is 0 Å². The van der Waals surface area contributed by atoms with Crippen LogP contribution in [-0.2, 0) is 0 Å². The maximum absolute atomic E-state index is 11.7. The van der Waals surface area contributed by atoms with Crippen LogP contribution in [-0.4, -0.2) is 37.7 Å². The highest BCUT2D eigenvalue weighted by Crippen LogP contribution is 2.47. The molecule has 5 nitrogen and oxygen atoms in total. The van der Waals surface area contributed by atoms with Gasteiger partial charge in [0, 0.05) is 13.6 Å². The SMILES string of the molecule is COc1ccc(C2CNC(=O)N2C)cc1O[C@H]1C[C@H]2CC[C@@H]1C2. The fourth-order valence-electron chi connectivity index (χ4n) is 4.42. The molecule has 1 aromatic carbocycles. The third-order valence-corrected chi connectivity index (χ3v) is 5.76. The number of carbonyl (C=O) groups is 1. The van der Waals surface area contributed by atoms with E-state index in [9.17, 15) is 4.79 Å². The molecule has 1 unspecified atom stereocenters. The topological polar surface area (TPSA) is 50.8 Å².